The molecule has 0 aromatic heterocycles. The van der Waals surface area contributed by atoms with E-state index < -0.39 is 10.6 Å². The van der Waals surface area contributed by atoms with Crippen LogP contribution in [-0.2, 0) is 4.79 Å². The minimum absolute atomic E-state index is 0.424. The van der Waals surface area contributed by atoms with Crippen LogP contribution in [0.4, 0.5) is 0 Å². The van der Waals surface area contributed by atoms with Crippen molar-refractivity contribution in [2.45, 2.75) is 50.8 Å². The van der Waals surface area contributed by atoms with Gasteiger partial charge in [0.1, 0.15) is 5.38 Å². The van der Waals surface area contributed by atoms with Crippen LogP contribution in [0.3, 0.4) is 0 Å². The third-order valence-electron chi connectivity index (χ3n) is 1.81. The first-order valence-electron chi connectivity index (χ1n) is 4.52. The molecule has 0 N–H and O–H groups in total. The standard InChI is InChI=1S/C9H16Cl2O/c1-2-3-4-5-6-7-8(10)9(11)12/h8H,2-7H2,1H3. The van der Waals surface area contributed by atoms with Crippen molar-refractivity contribution in [2.24, 2.45) is 0 Å². The van der Waals surface area contributed by atoms with Gasteiger partial charge in [-0.05, 0) is 18.0 Å². The Morgan fingerprint density at radius 3 is 2.33 bits per heavy atom. The van der Waals surface area contributed by atoms with Crippen molar-refractivity contribution in [3.63, 3.8) is 0 Å². The molecule has 0 saturated carbocycles. The third-order valence-corrected chi connectivity index (χ3v) is 2.60. The van der Waals surface area contributed by atoms with Crippen LogP contribution in [0.15, 0.2) is 0 Å². The van der Waals surface area contributed by atoms with E-state index in [1.807, 2.05) is 0 Å². The smallest absolute Gasteiger partial charge is 0.239 e. The number of hydrogen-bond donors (Lipinski definition) is 0. The molecule has 0 aromatic carbocycles. The predicted molar refractivity (Wildman–Crippen MR) is 53.9 cm³/mol. The van der Waals surface area contributed by atoms with E-state index in [1.165, 1.54) is 19.3 Å². The number of rotatable bonds is 7. The van der Waals surface area contributed by atoms with E-state index in [1.54, 1.807) is 0 Å². The van der Waals surface area contributed by atoms with Gasteiger partial charge in [-0.1, -0.05) is 39.0 Å². The second kappa shape index (κ2) is 7.88. The molecule has 0 spiro atoms. The Kier molecular flexibility index (Phi) is 8.04. The van der Waals surface area contributed by atoms with Crippen molar-refractivity contribution in [1.29, 1.82) is 0 Å². The Morgan fingerprint density at radius 2 is 1.83 bits per heavy atom. The maximum absolute atomic E-state index is 10.5. The zero-order valence-corrected chi connectivity index (χ0v) is 9.00. The summed E-state index contributed by atoms with van der Waals surface area (Å²) in [5, 5.41) is -0.902. The molecule has 1 unspecified atom stereocenters. The first kappa shape index (κ1) is 12.2. The van der Waals surface area contributed by atoms with E-state index in [4.69, 9.17) is 23.2 Å². The van der Waals surface area contributed by atoms with Crippen LogP contribution in [0.5, 0.6) is 0 Å². The minimum atomic E-state index is -0.478. The zero-order valence-electron chi connectivity index (χ0n) is 7.48. The Hall–Kier alpha value is 0.250. The van der Waals surface area contributed by atoms with Crippen LogP contribution in [0.1, 0.15) is 45.4 Å². The average Bonchev–Trinajstić information content (AvgIpc) is 2.03. The monoisotopic (exact) mass is 210 g/mol. The summed E-state index contributed by atoms with van der Waals surface area (Å²) in [6.45, 7) is 2.17. The van der Waals surface area contributed by atoms with Gasteiger partial charge < -0.3 is 0 Å². The molecule has 0 aliphatic carbocycles. The summed E-state index contributed by atoms with van der Waals surface area (Å²) < 4.78 is 0. The van der Waals surface area contributed by atoms with E-state index in [-0.39, 0.29) is 0 Å². The van der Waals surface area contributed by atoms with Gasteiger partial charge in [0, 0.05) is 0 Å². The van der Waals surface area contributed by atoms with Crippen LogP contribution >= 0.6 is 23.2 Å². The SMILES string of the molecule is CCCCCCCC(Cl)C(=O)Cl. The van der Waals surface area contributed by atoms with Gasteiger partial charge in [0.15, 0.2) is 0 Å². The Balaban J connectivity index is 3.14. The lowest BCUT2D eigenvalue weighted by atomic mass is 10.1. The molecule has 0 aliphatic rings. The highest BCUT2D eigenvalue weighted by atomic mass is 35.5. The van der Waals surface area contributed by atoms with Crippen molar-refractivity contribution in [3.05, 3.63) is 0 Å². The van der Waals surface area contributed by atoms with E-state index >= 15 is 0 Å². The van der Waals surface area contributed by atoms with Gasteiger partial charge in [-0.15, -0.1) is 11.6 Å². The molecule has 1 atom stereocenters. The van der Waals surface area contributed by atoms with Gasteiger partial charge >= 0.3 is 0 Å². The van der Waals surface area contributed by atoms with Gasteiger partial charge in [0.05, 0.1) is 0 Å². The second-order valence-electron chi connectivity index (χ2n) is 2.97. The first-order valence-corrected chi connectivity index (χ1v) is 5.33. The molecule has 0 bridgehead atoms. The van der Waals surface area contributed by atoms with Gasteiger partial charge in [-0.3, -0.25) is 4.79 Å². The van der Waals surface area contributed by atoms with E-state index in [2.05, 4.69) is 6.92 Å². The molecular weight excluding hydrogens is 195 g/mol. The molecule has 0 rings (SSSR count). The summed E-state index contributed by atoms with van der Waals surface area (Å²) in [4.78, 5) is 10.5. The molecule has 1 nitrogen and oxygen atoms in total. The third kappa shape index (κ3) is 6.93. The van der Waals surface area contributed by atoms with Crippen LogP contribution < -0.4 is 0 Å². The van der Waals surface area contributed by atoms with E-state index in [9.17, 15) is 4.79 Å². The Morgan fingerprint density at radius 1 is 1.25 bits per heavy atom. The Bertz CT molecular complexity index is 126. The van der Waals surface area contributed by atoms with Crippen LogP contribution in [0, 0.1) is 0 Å². The number of carbonyl (C=O) groups is 1. The highest BCUT2D eigenvalue weighted by Gasteiger charge is 2.10. The molecule has 12 heavy (non-hydrogen) atoms. The molecule has 0 radical (unpaired) electrons. The van der Waals surface area contributed by atoms with E-state index in [0.29, 0.717) is 6.42 Å². The van der Waals surface area contributed by atoms with Crippen LogP contribution in [0.25, 0.3) is 0 Å². The molecule has 72 valence electrons. The fourth-order valence-corrected chi connectivity index (χ4v) is 1.30. The summed E-state index contributed by atoms with van der Waals surface area (Å²) in [6, 6.07) is 0. The lowest BCUT2D eigenvalue weighted by Crippen LogP contribution is -2.06. The Labute approximate surface area is 84.4 Å². The van der Waals surface area contributed by atoms with Crippen molar-refractivity contribution >= 4 is 28.4 Å². The molecule has 3 heteroatoms. The number of alkyl halides is 1. The summed E-state index contributed by atoms with van der Waals surface area (Å²) in [7, 11) is 0. The van der Waals surface area contributed by atoms with Crippen molar-refractivity contribution < 1.29 is 4.79 Å². The lowest BCUT2D eigenvalue weighted by molar-refractivity contribution is -0.111. The number of hydrogen-bond acceptors (Lipinski definition) is 1. The summed E-state index contributed by atoms with van der Waals surface area (Å²) >= 11 is 10.8. The maximum atomic E-state index is 10.5. The maximum Gasteiger partial charge on any atom is 0.239 e. The van der Waals surface area contributed by atoms with E-state index in [0.717, 1.165) is 12.8 Å². The largest absolute Gasteiger partial charge is 0.280 e. The highest BCUT2D eigenvalue weighted by molar-refractivity contribution is 6.69. The van der Waals surface area contributed by atoms with Crippen LogP contribution in [0.2, 0.25) is 0 Å². The lowest BCUT2D eigenvalue weighted by Gasteiger charge is -2.02. The molecule has 0 fully saturated rings. The topological polar surface area (TPSA) is 17.1 Å². The van der Waals surface area contributed by atoms with Crippen LogP contribution in [-0.4, -0.2) is 10.6 Å². The van der Waals surface area contributed by atoms with Crippen molar-refractivity contribution in [1.82, 2.24) is 0 Å². The van der Waals surface area contributed by atoms with Gasteiger partial charge in [0.25, 0.3) is 0 Å². The molecule has 0 saturated heterocycles. The second-order valence-corrected chi connectivity index (χ2v) is 3.87. The zero-order chi connectivity index (χ0) is 9.40. The molecule has 0 amide bonds. The summed E-state index contributed by atoms with van der Waals surface area (Å²) in [5.74, 6) is 0. The fraction of sp³-hybridized carbons (Fsp3) is 0.889. The average molecular weight is 211 g/mol. The highest BCUT2D eigenvalue weighted by Crippen LogP contribution is 2.12. The summed E-state index contributed by atoms with van der Waals surface area (Å²) in [5.41, 5.74) is 0. The molecular formula is C9H16Cl2O. The normalized spacial score (nSPS) is 12.9. The number of carbonyl (C=O) groups excluding carboxylic acids is 1. The van der Waals surface area contributed by atoms with Gasteiger partial charge in [-0.25, -0.2) is 0 Å². The number of halogens is 2. The van der Waals surface area contributed by atoms with Crippen molar-refractivity contribution in [2.75, 3.05) is 0 Å². The fourth-order valence-electron chi connectivity index (χ4n) is 1.04. The number of unbranched alkanes of at least 4 members (excludes halogenated alkanes) is 4. The predicted octanol–water partition coefficient (Wildman–Crippen LogP) is 3.72. The van der Waals surface area contributed by atoms with Gasteiger partial charge in [0.2, 0.25) is 5.24 Å². The molecule has 0 aromatic rings. The van der Waals surface area contributed by atoms with Gasteiger partial charge in [-0.2, -0.15) is 0 Å². The quantitative estimate of drug-likeness (QED) is 0.356. The summed E-state index contributed by atoms with van der Waals surface area (Å²) in [6.07, 6.45) is 6.61. The van der Waals surface area contributed by atoms with Crippen molar-refractivity contribution in [3.8, 4) is 0 Å². The minimum Gasteiger partial charge on any atom is -0.280 e. The molecule has 0 aliphatic heterocycles. The molecule has 0 heterocycles. The first-order chi connectivity index (χ1) is 5.68.